The van der Waals surface area contributed by atoms with E-state index in [2.05, 4.69) is 34.9 Å². The number of anilines is 1. The molecule has 1 N–H and O–H groups in total. The van der Waals surface area contributed by atoms with Crippen molar-refractivity contribution in [3.63, 3.8) is 0 Å². The lowest BCUT2D eigenvalue weighted by Gasteiger charge is -2.23. The van der Waals surface area contributed by atoms with Crippen LogP contribution < -0.4 is 14.2 Å². The van der Waals surface area contributed by atoms with Gasteiger partial charge in [0, 0.05) is 33.0 Å². The highest BCUT2D eigenvalue weighted by atomic mass is 35.5. The van der Waals surface area contributed by atoms with Gasteiger partial charge in [-0.25, -0.2) is 9.97 Å². The monoisotopic (exact) mass is 538 g/mol. The fourth-order valence-electron chi connectivity index (χ4n) is 3.32. The molecule has 0 aliphatic heterocycles. The Labute approximate surface area is 219 Å². The molecule has 2 atom stereocenters. The first kappa shape index (κ1) is 27.8. The third-order valence-corrected chi connectivity index (χ3v) is 6.62. The topological polar surface area (TPSA) is 131 Å². The van der Waals surface area contributed by atoms with Crippen LogP contribution >= 0.6 is 23.5 Å². The average Bonchev–Trinajstić information content (AvgIpc) is 3.29. The molecule has 12 nitrogen and oxygen atoms in total. The maximum Gasteiger partial charge on any atom is 0.245 e. The van der Waals surface area contributed by atoms with Gasteiger partial charge in [0.25, 0.3) is 0 Å². The second-order valence-corrected chi connectivity index (χ2v) is 9.94. The standard InChI is InChI=1S/C22H31ClN8O4S/c1-13(17(32-4)18-24-10-14(23)11-25-18)36-30-21-29-28-15(8-9-22(2,3)35-7)31(21)16-19(33-5)26-12-27-20(16)34-6/h10-13,17H,8-9H2,1-7H3,(H,29,30). The predicted octanol–water partition coefficient (Wildman–Crippen LogP) is 3.71. The predicted molar refractivity (Wildman–Crippen MR) is 137 cm³/mol. The summed E-state index contributed by atoms with van der Waals surface area (Å²) in [7, 11) is 6.35. The van der Waals surface area contributed by atoms with Crippen molar-refractivity contribution in [2.75, 3.05) is 33.2 Å². The summed E-state index contributed by atoms with van der Waals surface area (Å²) in [6.07, 6.45) is 5.32. The third kappa shape index (κ3) is 6.52. The number of nitrogens with zero attached hydrogens (tertiary/aromatic N) is 7. The summed E-state index contributed by atoms with van der Waals surface area (Å²) < 4.78 is 27.4. The normalized spacial score (nSPS) is 13.3. The highest BCUT2D eigenvalue weighted by Crippen LogP contribution is 2.34. The number of ether oxygens (including phenoxy) is 4. The molecule has 3 aromatic rings. The number of aryl methyl sites for hydroxylation is 1. The van der Waals surface area contributed by atoms with Gasteiger partial charge in [-0.2, -0.15) is 9.97 Å². The zero-order chi connectivity index (χ0) is 26.3. The molecule has 196 valence electrons. The van der Waals surface area contributed by atoms with Crippen LogP contribution in [0.15, 0.2) is 18.7 Å². The summed E-state index contributed by atoms with van der Waals surface area (Å²) in [5, 5.41) is 9.17. The van der Waals surface area contributed by atoms with Crippen LogP contribution in [0.25, 0.3) is 5.69 Å². The van der Waals surface area contributed by atoms with Crippen molar-refractivity contribution in [1.29, 1.82) is 0 Å². The van der Waals surface area contributed by atoms with Gasteiger partial charge in [-0.1, -0.05) is 11.6 Å². The zero-order valence-corrected chi connectivity index (χ0v) is 22.9. The van der Waals surface area contributed by atoms with Gasteiger partial charge in [-0.05, 0) is 39.1 Å². The molecular weight excluding hydrogens is 508 g/mol. The van der Waals surface area contributed by atoms with Crippen LogP contribution in [0, 0.1) is 0 Å². The number of halogens is 1. The molecule has 0 radical (unpaired) electrons. The largest absolute Gasteiger partial charge is 0.479 e. The molecule has 0 aliphatic rings. The molecule has 3 aromatic heterocycles. The first-order valence-corrected chi connectivity index (χ1v) is 12.3. The maximum absolute atomic E-state index is 5.93. The average molecular weight is 539 g/mol. The van der Waals surface area contributed by atoms with Crippen LogP contribution in [0.2, 0.25) is 5.02 Å². The number of hydrogen-bond acceptors (Lipinski definition) is 12. The fraction of sp³-hybridized carbons (Fsp3) is 0.545. The molecule has 0 saturated carbocycles. The molecule has 0 fully saturated rings. The van der Waals surface area contributed by atoms with E-state index < -0.39 is 6.10 Å². The summed E-state index contributed by atoms with van der Waals surface area (Å²) in [6, 6.07) is 0. The van der Waals surface area contributed by atoms with Crippen molar-refractivity contribution in [1.82, 2.24) is 34.7 Å². The van der Waals surface area contributed by atoms with Crippen LogP contribution in [0.3, 0.4) is 0 Å². The molecule has 0 spiro atoms. The van der Waals surface area contributed by atoms with E-state index in [1.807, 2.05) is 20.8 Å². The molecule has 0 aromatic carbocycles. The molecule has 0 saturated heterocycles. The lowest BCUT2D eigenvalue weighted by atomic mass is 10.0. The van der Waals surface area contributed by atoms with Gasteiger partial charge in [0.15, 0.2) is 11.5 Å². The Hall–Kier alpha value is -2.74. The fourth-order valence-corrected chi connectivity index (χ4v) is 4.19. The summed E-state index contributed by atoms with van der Waals surface area (Å²) in [6.45, 7) is 6.02. The van der Waals surface area contributed by atoms with Gasteiger partial charge in [-0.3, -0.25) is 9.29 Å². The van der Waals surface area contributed by atoms with E-state index in [0.29, 0.717) is 52.9 Å². The first-order valence-electron chi connectivity index (χ1n) is 11.1. The molecule has 36 heavy (non-hydrogen) atoms. The summed E-state index contributed by atoms with van der Waals surface area (Å²) in [5.41, 5.74) is 0.136. The Morgan fingerprint density at radius 3 is 2.22 bits per heavy atom. The molecule has 2 unspecified atom stereocenters. The minimum absolute atomic E-state index is 0.118. The second kappa shape index (κ2) is 12.5. The van der Waals surface area contributed by atoms with Crippen molar-refractivity contribution >= 4 is 29.5 Å². The Bertz CT molecular complexity index is 1110. The molecular formula is C22H31ClN8O4S. The van der Waals surface area contributed by atoms with Crippen LogP contribution in [0.4, 0.5) is 5.95 Å². The third-order valence-electron chi connectivity index (χ3n) is 5.51. The molecule has 0 amide bonds. The van der Waals surface area contributed by atoms with Crippen molar-refractivity contribution in [3.05, 3.63) is 35.4 Å². The lowest BCUT2D eigenvalue weighted by Crippen LogP contribution is -2.24. The van der Waals surface area contributed by atoms with E-state index in [1.165, 1.54) is 32.5 Å². The Morgan fingerprint density at radius 1 is 1.03 bits per heavy atom. The quantitative estimate of drug-likeness (QED) is 0.318. The van der Waals surface area contributed by atoms with E-state index in [0.717, 1.165) is 0 Å². The van der Waals surface area contributed by atoms with Crippen molar-refractivity contribution in [3.8, 4) is 17.4 Å². The minimum Gasteiger partial charge on any atom is -0.479 e. The maximum atomic E-state index is 5.93. The Kier molecular flexibility index (Phi) is 9.65. The van der Waals surface area contributed by atoms with E-state index in [4.69, 9.17) is 30.5 Å². The summed E-state index contributed by atoms with van der Waals surface area (Å²) in [4.78, 5) is 17.1. The second-order valence-electron chi connectivity index (χ2n) is 8.32. The minimum atomic E-state index is -0.401. The molecule has 3 rings (SSSR count). The van der Waals surface area contributed by atoms with E-state index in [9.17, 15) is 0 Å². The molecule has 0 bridgehead atoms. The van der Waals surface area contributed by atoms with Gasteiger partial charge in [0.05, 0.1) is 30.1 Å². The van der Waals surface area contributed by atoms with E-state index in [-0.39, 0.29) is 10.9 Å². The number of aromatic nitrogens is 7. The first-order chi connectivity index (χ1) is 17.2. The lowest BCUT2D eigenvalue weighted by molar-refractivity contribution is 0.0153. The number of rotatable bonds is 13. The van der Waals surface area contributed by atoms with Crippen LogP contribution in [-0.2, 0) is 15.9 Å². The van der Waals surface area contributed by atoms with Gasteiger partial charge in [0.1, 0.15) is 18.3 Å². The number of methoxy groups -OCH3 is 4. The number of hydrogen-bond donors (Lipinski definition) is 1. The van der Waals surface area contributed by atoms with Gasteiger partial charge < -0.3 is 18.9 Å². The van der Waals surface area contributed by atoms with Crippen LogP contribution in [0.1, 0.15) is 44.9 Å². The van der Waals surface area contributed by atoms with Crippen molar-refractivity contribution < 1.29 is 18.9 Å². The highest BCUT2D eigenvalue weighted by Gasteiger charge is 2.27. The summed E-state index contributed by atoms with van der Waals surface area (Å²) in [5.74, 6) is 2.26. The van der Waals surface area contributed by atoms with Crippen molar-refractivity contribution in [2.24, 2.45) is 0 Å². The highest BCUT2D eigenvalue weighted by molar-refractivity contribution is 8.01. The van der Waals surface area contributed by atoms with E-state index in [1.54, 1.807) is 31.2 Å². The molecule has 3 heterocycles. The van der Waals surface area contributed by atoms with E-state index >= 15 is 0 Å². The van der Waals surface area contributed by atoms with Gasteiger partial charge in [0.2, 0.25) is 17.7 Å². The zero-order valence-electron chi connectivity index (χ0n) is 21.4. The Morgan fingerprint density at radius 2 is 1.67 bits per heavy atom. The van der Waals surface area contributed by atoms with Crippen molar-refractivity contribution in [2.45, 2.75) is 50.6 Å². The molecule has 14 heteroatoms. The van der Waals surface area contributed by atoms with Gasteiger partial charge >= 0.3 is 0 Å². The smallest absolute Gasteiger partial charge is 0.245 e. The molecule has 0 aliphatic carbocycles. The SMILES string of the molecule is COc1ncnc(OC)c1-n1c(CCC(C)(C)OC)nnc1NSC(C)C(OC)c1ncc(Cl)cn1. The van der Waals surface area contributed by atoms with Crippen LogP contribution in [-0.4, -0.2) is 74.0 Å². The number of nitrogens with one attached hydrogen (secondary N) is 1. The Balaban J connectivity index is 1.94. The van der Waals surface area contributed by atoms with Gasteiger partial charge in [-0.15, -0.1) is 10.2 Å². The summed E-state index contributed by atoms with van der Waals surface area (Å²) >= 11 is 7.31. The van der Waals surface area contributed by atoms with Crippen LogP contribution in [0.5, 0.6) is 11.8 Å².